The first-order chi connectivity index (χ1) is 5.20. The van der Waals surface area contributed by atoms with Gasteiger partial charge in [-0.15, -0.1) is 0 Å². The third-order valence-corrected chi connectivity index (χ3v) is 0. The van der Waals surface area contributed by atoms with Gasteiger partial charge in [-0.3, -0.25) is 0 Å². The van der Waals surface area contributed by atoms with E-state index >= 15 is 0 Å². The van der Waals surface area contributed by atoms with Crippen LogP contribution in [0, 0.1) is 0 Å². The number of hydrogen-bond donors (Lipinski definition) is 0. The summed E-state index contributed by atoms with van der Waals surface area (Å²) in [7, 11) is 0. The van der Waals surface area contributed by atoms with Crippen LogP contribution in [0.25, 0.3) is 0 Å². The van der Waals surface area contributed by atoms with E-state index in [1.165, 1.54) is 0 Å². The average molecular weight is 452 g/mol. The van der Waals surface area contributed by atoms with Gasteiger partial charge in [0, 0.05) is 0 Å². The minimum Gasteiger partial charge on any atom is 3.00 e. The molecule has 0 aliphatic heterocycles. The van der Waals surface area contributed by atoms with E-state index in [-0.39, 0.29) is 51.7 Å². The second kappa shape index (κ2) is 24.0. The fourth-order valence-corrected chi connectivity index (χ4v) is 0. The Hall–Kier alpha value is 1.57. The zero-order valence-electron chi connectivity index (χ0n) is 6.33. The normalized spacial score (nSPS) is 5.14. The van der Waals surface area contributed by atoms with Gasteiger partial charge in [0.15, 0.2) is 0 Å². The minimum absolute atomic E-state index is 0. The SMILES string of the molecule is [O]=[Ge]([O-])[O-].[O]=[Ge]([O-])[O-].[O]=[Ge]([O-])[O-].[Sc+3].[Sc+3]. The maximum atomic E-state index is 8.58. The van der Waals surface area contributed by atoms with Gasteiger partial charge in [-0.05, 0) is 0 Å². The third-order valence-electron chi connectivity index (χ3n) is 0. The first kappa shape index (κ1) is 29.6. The van der Waals surface area contributed by atoms with E-state index in [1.54, 1.807) is 0 Å². The predicted molar refractivity (Wildman–Crippen MR) is 19.3 cm³/mol. The molecule has 0 N–H and O–H groups in total. The fourth-order valence-electron chi connectivity index (χ4n) is 0. The van der Waals surface area contributed by atoms with Gasteiger partial charge < -0.3 is 0 Å². The van der Waals surface area contributed by atoms with E-state index in [2.05, 4.69) is 0 Å². The van der Waals surface area contributed by atoms with Crippen molar-refractivity contribution in [2.24, 2.45) is 0 Å². The quantitative estimate of drug-likeness (QED) is 0.322. The third kappa shape index (κ3) is 871. The van der Waals surface area contributed by atoms with Crippen LogP contribution in [0.5, 0.6) is 0 Å². The second-order valence-electron chi connectivity index (χ2n) is 0.750. The summed E-state index contributed by atoms with van der Waals surface area (Å²) in [5.41, 5.74) is 0. The van der Waals surface area contributed by atoms with E-state index < -0.39 is 44.9 Å². The summed E-state index contributed by atoms with van der Waals surface area (Å²) < 4.78 is 77.2. The predicted octanol–water partition coefficient (Wildman–Crippen LogP) is -8.64. The largest absolute Gasteiger partial charge is 3.00 e. The van der Waals surface area contributed by atoms with Crippen LogP contribution in [0.1, 0.15) is 0 Å². The summed E-state index contributed by atoms with van der Waals surface area (Å²) >= 11 is -12.2. The molecule has 0 unspecified atom stereocenters. The van der Waals surface area contributed by atoms with E-state index in [9.17, 15) is 0 Å². The molecule has 0 aliphatic rings. The molecular formula is Ge3O9Sc2. The van der Waals surface area contributed by atoms with Crippen LogP contribution in [-0.4, -0.2) is 44.9 Å². The Kier molecular flexibility index (Phi) is 50.7. The van der Waals surface area contributed by atoms with Gasteiger partial charge in [-0.2, -0.15) is 0 Å². The van der Waals surface area contributed by atoms with E-state index in [1.807, 2.05) is 0 Å². The van der Waals surface area contributed by atoms with Crippen LogP contribution in [0.3, 0.4) is 0 Å². The minimum atomic E-state index is -4.08. The molecule has 14 heavy (non-hydrogen) atoms. The molecule has 14 heteroatoms. The van der Waals surface area contributed by atoms with Crippen molar-refractivity contribution in [3.63, 3.8) is 0 Å². The molecule has 0 fully saturated rings. The summed E-state index contributed by atoms with van der Waals surface area (Å²) in [5, 5.41) is 0. The maximum absolute atomic E-state index is 8.58. The molecule has 0 bridgehead atoms. The van der Waals surface area contributed by atoms with Gasteiger partial charge in [0.25, 0.3) is 0 Å². The molecular weight excluding hydrogens is 452 g/mol. The molecule has 0 saturated heterocycles. The molecule has 0 aliphatic carbocycles. The molecule has 0 rings (SSSR count). The summed E-state index contributed by atoms with van der Waals surface area (Å²) in [6.45, 7) is 0. The molecule has 9 nitrogen and oxygen atoms in total. The Morgan fingerprint density at radius 1 is 0.500 bits per heavy atom. The molecule has 0 radical (unpaired) electrons. The Morgan fingerprint density at radius 3 is 0.500 bits per heavy atom. The Balaban J connectivity index is -0.0000000270. The fraction of sp³-hybridized carbons (Fsp3) is 0. The van der Waals surface area contributed by atoms with Crippen LogP contribution in [0.4, 0.5) is 0 Å². The maximum Gasteiger partial charge on any atom is 3.00 e. The summed E-state index contributed by atoms with van der Waals surface area (Å²) in [4.78, 5) is 0. The summed E-state index contributed by atoms with van der Waals surface area (Å²) in [5.74, 6) is 0. The summed E-state index contributed by atoms with van der Waals surface area (Å²) in [6.07, 6.45) is 0. The van der Waals surface area contributed by atoms with E-state index in [0.717, 1.165) is 0 Å². The molecule has 72 valence electrons. The first-order valence-electron chi connectivity index (χ1n) is 1.84. The van der Waals surface area contributed by atoms with Crippen molar-refractivity contribution in [1.82, 2.24) is 0 Å². The first-order valence-corrected chi connectivity index (χ1v) is 9.55. The second-order valence-corrected chi connectivity index (χ2v) is 3.90. The smallest absolute Gasteiger partial charge is 3.00 e. The van der Waals surface area contributed by atoms with E-state index in [0.29, 0.717) is 0 Å². The molecule has 0 amide bonds. The zero-order valence-corrected chi connectivity index (χ0v) is 16.2. The van der Waals surface area contributed by atoms with Crippen LogP contribution >= 0.6 is 0 Å². The van der Waals surface area contributed by atoms with Crippen LogP contribution in [-0.2, 0) is 63.0 Å². The molecule has 0 heterocycles. The van der Waals surface area contributed by atoms with Crippen molar-refractivity contribution < 1.29 is 87.8 Å². The standard InChI is InChI=1S/3GeO3.2Sc/c3*2-1(3)4;;/q3*-2;2*+3. The molecule has 0 saturated carbocycles. The van der Waals surface area contributed by atoms with Crippen molar-refractivity contribution in [1.29, 1.82) is 0 Å². The average Bonchev–Trinajstić information content (AvgIpc) is 1.54. The van der Waals surface area contributed by atoms with E-state index in [4.69, 9.17) is 36.1 Å². The number of rotatable bonds is 0. The number of hydrogen-bond acceptors (Lipinski definition) is 9. The monoisotopic (exact) mass is 456 g/mol. The van der Waals surface area contributed by atoms with Crippen molar-refractivity contribution >= 4 is 44.9 Å². The molecule has 0 aromatic heterocycles. The van der Waals surface area contributed by atoms with Crippen LogP contribution < -0.4 is 24.8 Å². The molecule has 0 atom stereocenters. The van der Waals surface area contributed by atoms with Gasteiger partial charge >= 0.3 is 133 Å². The zero-order chi connectivity index (χ0) is 10.7. The van der Waals surface area contributed by atoms with Gasteiger partial charge in [0.05, 0.1) is 0 Å². The van der Waals surface area contributed by atoms with Gasteiger partial charge in [-0.1, -0.05) is 0 Å². The Labute approximate surface area is 131 Å². The van der Waals surface area contributed by atoms with Crippen molar-refractivity contribution in [3.8, 4) is 0 Å². The molecule has 0 spiro atoms. The Bertz CT molecular complexity index is 116. The molecule has 0 aromatic rings. The Morgan fingerprint density at radius 2 is 0.500 bits per heavy atom. The van der Waals surface area contributed by atoms with Crippen molar-refractivity contribution in [2.75, 3.05) is 0 Å². The van der Waals surface area contributed by atoms with Crippen LogP contribution in [0.15, 0.2) is 0 Å². The van der Waals surface area contributed by atoms with Gasteiger partial charge in [-0.25, -0.2) is 0 Å². The van der Waals surface area contributed by atoms with Gasteiger partial charge in [0.2, 0.25) is 0 Å². The topological polar surface area (TPSA) is 190 Å². The van der Waals surface area contributed by atoms with Crippen molar-refractivity contribution in [3.05, 3.63) is 0 Å². The molecule has 0 aromatic carbocycles. The van der Waals surface area contributed by atoms with Gasteiger partial charge in [0.1, 0.15) is 0 Å². The van der Waals surface area contributed by atoms with Crippen LogP contribution in [0.2, 0.25) is 0 Å². The van der Waals surface area contributed by atoms with Crippen molar-refractivity contribution in [2.45, 2.75) is 0 Å². The summed E-state index contributed by atoms with van der Waals surface area (Å²) in [6, 6.07) is 0.